The SMILES string of the molecule is CCCCCCCC/C=C\CCCCCCCC(=O)OCCN(CCOC(=O)CCCCCCC/C=C\CCCCCCCC)CC1CCN(CCCN(C)C)CC1. The lowest BCUT2D eigenvalue weighted by Gasteiger charge is -2.35. The molecule has 0 saturated carbocycles. The average molecular weight is 816 g/mol. The Balaban J connectivity index is 2.24. The second-order valence-corrected chi connectivity index (χ2v) is 17.9. The molecule has 58 heavy (non-hydrogen) atoms. The zero-order valence-corrected chi connectivity index (χ0v) is 39.1. The molecule has 0 N–H and O–H groups in total. The summed E-state index contributed by atoms with van der Waals surface area (Å²) in [6.45, 7) is 12.4. The lowest BCUT2D eigenvalue weighted by atomic mass is 9.96. The van der Waals surface area contributed by atoms with E-state index in [1.165, 1.54) is 167 Å². The van der Waals surface area contributed by atoms with Crippen LogP contribution in [0, 0.1) is 5.92 Å². The van der Waals surface area contributed by atoms with Crippen molar-refractivity contribution in [2.45, 2.75) is 213 Å². The molecule has 0 bridgehead atoms. The minimum absolute atomic E-state index is 0.0741. The normalized spacial score (nSPS) is 14.2. The van der Waals surface area contributed by atoms with Gasteiger partial charge in [0, 0.05) is 32.5 Å². The lowest BCUT2D eigenvalue weighted by molar-refractivity contribution is -0.144. The topological polar surface area (TPSA) is 62.3 Å². The molecular formula is C51H97N3O4. The molecule has 7 heteroatoms. The fourth-order valence-corrected chi connectivity index (χ4v) is 8.06. The van der Waals surface area contributed by atoms with Crippen molar-refractivity contribution < 1.29 is 19.1 Å². The van der Waals surface area contributed by atoms with Gasteiger partial charge in [-0.15, -0.1) is 0 Å². The maximum Gasteiger partial charge on any atom is 0.305 e. The zero-order chi connectivity index (χ0) is 42.0. The van der Waals surface area contributed by atoms with Crippen LogP contribution < -0.4 is 0 Å². The molecule has 1 fully saturated rings. The molecule has 7 nitrogen and oxygen atoms in total. The van der Waals surface area contributed by atoms with Crippen LogP contribution in [0.1, 0.15) is 213 Å². The highest BCUT2D eigenvalue weighted by Gasteiger charge is 2.22. The molecule has 0 spiro atoms. The number of hydrogen-bond acceptors (Lipinski definition) is 7. The van der Waals surface area contributed by atoms with E-state index in [0.717, 1.165) is 51.9 Å². The minimum Gasteiger partial charge on any atom is -0.464 e. The Morgan fingerprint density at radius 3 is 1.29 bits per heavy atom. The van der Waals surface area contributed by atoms with Crippen LogP contribution >= 0.6 is 0 Å². The molecular weight excluding hydrogens is 719 g/mol. The van der Waals surface area contributed by atoms with Crippen LogP contribution in [0.25, 0.3) is 0 Å². The minimum atomic E-state index is -0.0741. The second kappa shape index (κ2) is 42.0. The van der Waals surface area contributed by atoms with E-state index in [2.05, 4.69) is 66.9 Å². The Morgan fingerprint density at radius 1 is 0.517 bits per heavy atom. The van der Waals surface area contributed by atoms with Gasteiger partial charge in [0.15, 0.2) is 0 Å². The van der Waals surface area contributed by atoms with Crippen LogP contribution in [0.4, 0.5) is 0 Å². The molecule has 0 amide bonds. The van der Waals surface area contributed by atoms with Crippen LogP contribution in [0.2, 0.25) is 0 Å². The highest BCUT2D eigenvalue weighted by Crippen LogP contribution is 2.19. The quantitative estimate of drug-likeness (QED) is 0.0345. The van der Waals surface area contributed by atoms with Crippen LogP contribution in [-0.4, -0.2) is 99.8 Å². The first-order valence-corrected chi connectivity index (χ1v) is 25.1. The van der Waals surface area contributed by atoms with Crippen LogP contribution in [0.15, 0.2) is 24.3 Å². The number of unbranched alkanes of at least 4 members (excludes halogenated alkanes) is 22. The van der Waals surface area contributed by atoms with Gasteiger partial charge in [0.1, 0.15) is 13.2 Å². The van der Waals surface area contributed by atoms with E-state index in [4.69, 9.17) is 9.47 Å². The molecule has 0 aliphatic carbocycles. The number of piperidine rings is 1. The van der Waals surface area contributed by atoms with Crippen LogP contribution in [-0.2, 0) is 19.1 Å². The Morgan fingerprint density at radius 2 is 0.897 bits per heavy atom. The van der Waals surface area contributed by atoms with Gasteiger partial charge in [0.05, 0.1) is 0 Å². The number of carbonyl (C=O) groups is 2. The lowest BCUT2D eigenvalue weighted by Crippen LogP contribution is -2.41. The summed E-state index contributed by atoms with van der Waals surface area (Å²) in [5.41, 5.74) is 0. The molecule has 0 aromatic rings. The predicted octanol–water partition coefficient (Wildman–Crippen LogP) is 13.1. The van der Waals surface area contributed by atoms with Crippen molar-refractivity contribution in [3.63, 3.8) is 0 Å². The number of esters is 2. The summed E-state index contributed by atoms with van der Waals surface area (Å²) in [4.78, 5) is 32.4. The van der Waals surface area contributed by atoms with E-state index >= 15 is 0 Å². The molecule has 0 unspecified atom stereocenters. The van der Waals surface area contributed by atoms with E-state index in [1.807, 2.05) is 0 Å². The fraction of sp³-hybridized carbons (Fsp3) is 0.882. The Labute approximate surface area is 360 Å². The van der Waals surface area contributed by atoms with Crippen molar-refractivity contribution in [2.75, 3.05) is 73.1 Å². The van der Waals surface area contributed by atoms with Crippen molar-refractivity contribution in [2.24, 2.45) is 5.92 Å². The van der Waals surface area contributed by atoms with Gasteiger partial charge in [-0.3, -0.25) is 14.5 Å². The van der Waals surface area contributed by atoms with Crippen molar-refractivity contribution in [3.05, 3.63) is 24.3 Å². The molecule has 1 saturated heterocycles. The maximum absolute atomic E-state index is 12.6. The summed E-state index contributed by atoms with van der Waals surface area (Å²) in [5.74, 6) is 0.480. The zero-order valence-electron chi connectivity index (χ0n) is 39.1. The van der Waals surface area contributed by atoms with Crippen LogP contribution in [0.5, 0.6) is 0 Å². The van der Waals surface area contributed by atoms with Crippen molar-refractivity contribution in [3.8, 4) is 0 Å². The number of carbonyl (C=O) groups excluding carboxylic acids is 2. The van der Waals surface area contributed by atoms with Crippen molar-refractivity contribution in [1.29, 1.82) is 0 Å². The monoisotopic (exact) mass is 816 g/mol. The summed E-state index contributed by atoms with van der Waals surface area (Å²) >= 11 is 0. The molecule has 0 aromatic carbocycles. The highest BCUT2D eigenvalue weighted by molar-refractivity contribution is 5.69. The second-order valence-electron chi connectivity index (χ2n) is 17.9. The number of hydrogen-bond donors (Lipinski definition) is 0. The van der Waals surface area contributed by atoms with Gasteiger partial charge in [-0.05, 0) is 130 Å². The van der Waals surface area contributed by atoms with Crippen molar-refractivity contribution in [1.82, 2.24) is 14.7 Å². The molecule has 0 atom stereocenters. The fourth-order valence-electron chi connectivity index (χ4n) is 8.06. The maximum atomic E-state index is 12.6. The third-order valence-electron chi connectivity index (χ3n) is 11.9. The molecule has 1 aliphatic heterocycles. The van der Waals surface area contributed by atoms with Gasteiger partial charge in [-0.2, -0.15) is 0 Å². The smallest absolute Gasteiger partial charge is 0.305 e. The average Bonchev–Trinajstić information content (AvgIpc) is 3.21. The van der Waals surface area contributed by atoms with E-state index in [9.17, 15) is 9.59 Å². The van der Waals surface area contributed by atoms with E-state index < -0.39 is 0 Å². The first-order chi connectivity index (χ1) is 28.4. The summed E-state index contributed by atoms with van der Waals surface area (Å²) in [6.07, 6.45) is 46.7. The molecule has 1 heterocycles. The molecule has 0 radical (unpaired) electrons. The van der Waals surface area contributed by atoms with E-state index in [1.54, 1.807) is 0 Å². The summed E-state index contributed by atoms with van der Waals surface area (Å²) < 4.78 is 11.4. The third kappa shape index (κ3) is 37.3. The van der Waals surface area contributed by atoms with Gasteiger partial charge >= 0.3 is 11.9 Å². The van der Waals surface area contributed by atoms with Gasteiger partial charge in [-0.25, -0.2) is 0 Å². The Hall–Kier alpha value is -1.70. The summed E-state index contributed by atoms with van der Waals surface area (Å²) in [6, 6.07) is 0. The number of allylic oxidation sites excluding steroid dienone is 4. The Kier molecular flexibility index (Phi) is 39.3. The largest absolute Gasteiger partial charge is 0.464 e. The van der Waals surface area contributed by atoms with Gasteiger partial charge < -0.3 is 19.3 Å². The summed E-state index contributed by atoms with van der Waals surface area (Å²) in [5, 5.41) is 0. The first kappa shape index (κ1) is 54.3. The Bertz CT molecular complexity index is 903. The van der Waals surface area contributed by atoms with E-state index in [0.29, 0.717) is 45.1 Å². The molecule has 1 rings (SSSR count). The van der Waals surface area contributed by atoms with Gasteiger partial charge in [0.2, 0.25) is 0 Å². The van der Waals surface area contributed by atoms with Gasteiger partial charge in [0.25, 0.3) is 0 Å². The predicted molar refractivity (Wildman–Crippen MR) is 250 cm³/mol. The van der Waals surface area contributed by atoms with Gasteiger partial charge in [-0.1, -0.05) is 141 Å². The van der Waals surface area contributed by atoms with Crippen LogP contribution in [0.3, 0.4) is 0 Å². The molecule has 1 aliphatic rings. The summed E-state index contributed by atoms with van der Waals surface area (Å²) in [7, 11) is 4.29. The number of nitrogens with zero attached hydrogens (tertiary/aromatic N) is 3. The molecule has 0 aromatic heterocycles. The van der Waals surface area contributed by atoms with E-state index in [-0.39, 0.29) is 11.9 Å². The standard InChI is InChI=1S/C51H97N3O4/c1-5-7-9-11-13-15-17-19-21-23-25-27-29-31-33-36-50(55)57-46-44-54(48-49-38-42-53(43-39-49)41-35-40-52(3)4)45-47-58-51(56)37-34-32-30-28-26-24-22-20-18-16-14-12-10-8-6-2/h19-22,49H,5-18,23-48H2,1-4H3/b21-19-,22-20-. The van der Waals surface area contributed by atoms with Crippen molar-refractivity contribution >= 4 is 11.9 Å². The number of ether oxygens (including phenoxy) is 2. The first-order valence-electron chi connectivity index (χ1n) is 25.1. The number of likely N-dealkylation sites (tertiary alicyclic amines) is 1. The highest BCUT2D eigenvalue weighted by atomic mass is 16.5. The third-order valence-corrected chi connectivity index (χ3v) is 11.9. The molecule has 340 valence electrons. The number of rotatable bonds is 42.